The maximum Gasteiger partial charge on any atom is 0.293 e. The Morgan fingerprint density at radius 1 is 1.23 bits per heavy atom. The summed E-state index contributed by atoms with van der Waals surface area (Å²) in [6.45, 7) is 6.36. The number of nitrogens with one attached hydrogen (secondary N) is 1. The van der Waals surface area contributed by atoms with Gasteiger partial charge in [-0.1, -0.05) is 32.9 Å². The minimum atomic E-state index is -0.333. The van der Waals surface area contributed by atoms with Crippen LogP contribution in [0.4, 0.5) is 4.79 Å². The van der Waals surface area contributed by atoms with E-state index in [0.717, 1.165) is 28.0 Å². The summed E-state index contributed by atoms with van der Waals surface area (Å²) in [4.78, 5) is 37.9. The molecule has 1 fully saturated rings. The van der Waals surface area contributed by atoms with E-state index in [1.807, 2.05) is 32.9 Å². The molecule has 0 atom stereocenters. The van der Waals surface area contributed by atoms with Gasteiger partial charge in [0.1, 0.15) is 5.75 Å². The van der Waals surface area contributed by atoms with Gasteiger partial charge in [0, 0.05) is 19.5 Å². The topological polar surface area (TPSA) is 75.7 Å². The number of carbonyl (C=O) groups is 3. The molecule has 1 heterocycles. The summed E-state index contributed by atoms with van der Waals surface area (Å²) in [5.74, 6) is 0.306. The van der Waals surface area contributed by atoms with Gasteiger partial charge >= 0.3 is 0 Å². The molecule has 0 saturated carbocycles. The van der Waals surface area contributed by atoms with Gasteiger partial charge < -0.3 is 10.1 Å². The number of carbonyl (C=O) groups excluding carboxylic acids is 3. The number of thioether (sulfide) groups is 1. The van der Waals surface area contributed by atoms with Crippen LogP contribution in [0.25, 0.3) is 6.08 Å². The number of hydrogen-bond acceptors (Lipinski definition) is 5. The van der Waals surface area contributed by atoms with Crippen LogP contribution in [-0.4, -0.2) is 42.2 Å². The third-order valence-electron chi connectivity index (χ3n) is 3.64. The number of nitrogens with zero attached hydrogens (tertiary/aromatic N) is 1. The van der Waals surface area contributed by atoms with Gasteiger partial charge in [0.15, 0.2) is 0 Å². The molecule has 0 unspecified atom stereocenters. The van der Waals surface area contributed by atoms with Crippen LogP contribution in [0.3, 0.4) is 0 Å². The van der Waals surface area contributed by atoms with E-state index in [1.54, 1.807) is 25.3 Å². The number of imide groups is 1. The van der Waals surface area contributed by atoms with Gasteiger partial charge in [-0.25, -0.2) is 0 Å². The van der Waals surface area contributed by atoms with E-state index in [0.29, 0.717) is 11.3 Å². The average molecular weight is 376 g/mol. The highest BCUT2D eigenvalue weighted by Gasteiger charge is 2.34. The van der Waals surface area contributed by atoms with E-state index in [4.69, 9.17) is 4.74 Å². The van der Waals surface area contributed by atoms with E-state index in [2.05, 4.69) is 5.32 Å². The Balaban J connectivity index is 1.93. The van der Waals surface area contributed by atoms with Crippen molar-refractivity contribution in [2.45, 2.75) is 27.2 Å². The Hall–Kier alpha value is -2.28. The highest BCUT2D eigenvalue weighted by atomic mass is 32.2. The predicted molar refractivity (Wildman–Crippen MR) is 103 cm³/mol. The fourth-order valence-corrected chi connectivity index (χ4v) is 3.26. The molecule has 7 heteroatoms. The van der Waals surface area contributed by atoms with Gasteiger partial charge in [-0.15, -0.1) is 0 Å². The second-order valence-corrected chi connectivity index (χ2v) is 8.19. The predicted octanol–water partition coefficient (Wildman–Crippen LogP) is 3.28. The quantitative estimate of drug-likeness (QED) is 0.771. The number of amides is 3. The highest BCUT2D eigenvalue weighted by molar-refractivity contribution is 8.18. The summed E-state index contributed by atoms with van der Waals surface area (Å²) in [6.07, 6.45) is 2.08. The molecule has 0 aromatic heterocycles. The van der Waals surface area contributed by atoms with Crippen molar-refractivity contribution >= 4 is 34.9 Å². The monoisotopic (exact) mass is 376 g/mol. The van der Waals surface area contributed by atoms with E-state index in [-0.39, 0.29) is 35.6 Å². The summed E-state index contributed by atoms with van der Waals surface area (Å²) in [7, 11) is 1.58. The van der Waals surface area contributed by atoms with Gasteiger partial charge in [-0.3, -0.25) is 19.3 Å². The number of rotatable bonds is 6. The Labute approximate surface area is 158 Å². The lowest BCUT2D eigenvalue weighted by Gasteiger charge is -2.18. The van der Waals surface area contributed by atoms with Crippen LogP contribution in [0.2, 0.25) is 0 Å². The molecule has 1 N–H and O–H groups in total. The van der Waals surface area contributed by atoms with Gasteiger partial charge in [0.25, 0.3) is 11.1 Å². The van der Waals surface area contributed by atoms with Gasteiger partial charge in [0.2, 0.25) is 5.91 Å². The lowest BCUT2D eigenvalue weighted by molar-refractivity contribution is -0.125. The molecule has 1 aliphatic heterocycles. The molecule has 140 valence electrons. The number of hydrogen-bond donors (Lipinski definition) is 1. The van der Waals surface area contributed by atoms with Crippen LogP contribution in [0.1, 0.15) is 32.8 Å². The van der Waals surface area contributed by atoms with Crippen molar-refractivity contribution in [3.05, 3.63) is 34.7 Å². The Bertz CT molecular complexity index is 720. The molecule has 26 heavy (non-hydrogen) atoms. The molecular weight excluding hydrogens is 352 g/mol. The summed E-state index contributed by atoms with van der Waals surface area (Å²) in [5.41, 5.74) is 0.711. The molecule has 2 rings (SSSR count). The number of methoxy groups -OCH3 is 1. The highest BCUT2D eigenvalue weighted by Crippen LogP contribution is 2.32. The van der Waals surface area contributed by atoms with Crippen LogP contribution < -0.4 is 10.1 Å². The van der Waals surface area contributed by atoms with Crippen molar-refractivity contribution < 1.29 is 19.1 Å². The molecule has 0 spiro atoms. The molecule has 0 aliphatic carbocycles. The SMILES string of the molecule is COc1ccc(/C=C2/SC(=O)N(CCNC(=O)CC(C)(C)C)C2=O)cc1. The number of benzene rings is 1. The van der Waals surface area contributed by atoms with Crippen LogP contribution in [0.15, 0.2) is 29.2 Å². The van der Waals surface area contributed by atoms with Crippen molar-refractivity contribution in [1.82, 2.24) is 10.2 Å². The zero-order chi connectivity index (χ0) is 19.3. The molecule has 1 saturated heterocycles. The van der Waals surface area contributed by atoms with Crippen molar-refractivity contribution in [2.75, 3.05) is 20.2 Å². The first-order chi connectivity index (χ1) is 12.2. The first-order valence-corrected chi connectivity index (χ1v) is 9.17. The lowest BCUT2D eigenvalue weighted by Crippen LogP contribution is -2.38. The van der Waals surface area contributed by atoms with E-state index in [9.17, 15) is 14.4 Å². The Morgan fingerprint density at radius 2 is 1.88 bits per heavy atom. The maximum absolute atomic E-state index is 12.4. The molecule has 3 amide bonds. The Morgan fingerprint density at radius 3 is 2.46 bits per heavy atom. The smallest absolute Gasteiger partial charge is 0.293 e. The van der Waals surface area contributed by atoms with Gasteiger partial charge in [-0.05, 0) is 40.9 Å². The summed E-state index contributed by atoms with van der Waals surface area (Å²) in [5, 5.41) is 2.44. The first-order valence-electron chi connectivity index (χ1n) is 8.36. The lowest BCUT2D eigenvalue weighted by atomic mass is 9.92. The zero-order valence-corrected chi connectivity index (χ0v) is 16.3. The van der Waals surface area contributed by atoms with Crippen LogP contribution in [-0.2, 0) is 9.59 Å². The molecule has 1 aromatic carbocycles. The van der Waals surface area contributed by atoms with Crippen LogP contribution in [0, 0.1) is 5.41 Å². The largest absolute Gasteiger partial charge is 0.497 e. The van der Waals surface area contributed by atoms with E-state index < -0.39 is 0 Å². The summed E-state index contributed by atoms with van der Waals surface area (Å²) in [6, 6.07) is 7.22. The summed E-state index contributed by atoms with van der Waals surface area (Å²) >= 11 is 0.910. The normalized spacial score (nSPS) is 16.3. The van der Waals surface area contributed by atoms with Crippen molar-refractivity contribution in [1.29, 1.82) is 0 Å². The van der Waals surface area contributed by atoms with Gasteiger partial charge in [-0.2, -0.15) is 0 Å². The second kappa shape index (κ2) is 8.40. The zero-order valence-electron chi connectivity index (χ0n) is 15.5. The van der Waals surface area contributed by atoms with Crippen LogP contribution >= 0.6 is 11.8 Å². The summed E-state index contributed by atoms with van der Waals surface area (Å²) < 4.78 is 5.10. The van der Waals surface area contributed by atoms with Crippen LogP contribution in [0.5, 0.6) is 5.75 Å². The second-order valence-electron chi connectivity index (χ2n) is 7.19. The Kier molecular flexibility index (Phi) is 6.47. The van der Waals surface area contributed by atoms with Crippen molar-refractivity contribution in [2.24, 2.45) is 5.41 Å². The average Bonchev–Trinajstić information content (AvgIpc) is 2.81. The van der Waals surface area contributed by atoms with E-state index in [1.165, 1.54) is 0 Å². The molecule has 0 radical (unpaired) electrons. The molecule has 0 bridgehead atoms. The van der Waals surface area contributed by atoms with E-state index >= 15 is 0 Å². The minimum Gasteiger partial charge on any atom is -0.497 e. The molecule has 1 aromatic rings. The standard InChI is InChI=1S/C19H24N2O4S/c1-19(2,3)12-16(22)20-9-10-21-17(23)15(26-18(21)24)11-13-5-7-14(25-4)8-6-13/h5-8,11H,9-10,12H2,1-4H3,(H,20,22)/b15-11+. The molecule has 6 nitrogen and oxygen atoms in total. The maximum atomic E-state index is 12.4. The first kappa shape index (κ1) is 20.0. The minimum absolute atomic E-state index is 0.0850. The van der Waals surface area contributed by atoms with Gasteiger partial charge in [0.05, 0.1) is 12.0 Å². The fourth-order valence-electron chi connectivity index (χ4n) is 2.40. The van der Waals surface area contributed by atoms with Crippen molar-refractivity contribution in [3.8, 4) is 5.75 Å². The van der Waals surface area contributed by atoms with Crippen molar-refractivity contribution in [3.63, 3.8) is 0 Å². The number of ether oxygens (including phenoxy) is 1. The third-order valence-corrected chi connectivity index (χ3v) is 4.54. The third kappa shape index (κ3) is 5.62. The fraction of sp³-hybridized carbons (Fsp3) is 0.421. The molecule has 1 aliphatic rings. The molecular formula is C19H24N2O4S.